The molecule has 0 aromatic heterocycles. The zero-order valence-corrected chi connectivity index (χ0v) is 11.2. The molecule has 102 valence electrons. The number of carbonyl (C=O) groups excluding carboxylic acids is 2. The van der Waals surface area contributed by atoms with E-state index in [0.29, 0.717) is 5.56 Å². The summed E-state index contributed by atoms with van der Waals surface area (Å²) in [4.78, 5) is 23.8. The van der Waals surface area contributed by atoms with Gasteiger partial charge in [-0.05, 0) is 31.9 Å². The third kappa shape index (κ3) is 3.81. The molecule has 0 saturated heterocycles. The Kier molecular flexibility index (Phi) is 4.55. The summed E-state index contributed by atoms with van der Waals surface area (Å²) in [6, 6.07) is 8.70. The predicted octanol–water partition coefficient (Wildman–Crippen LogP) is 1.86. The van der Waals surface area contributed by atoms with Crippen LogP contribution in [0.2, 0.25) is 0 Å². The summed E-state index contributed by atoms with van der Waals surface area (Å²) < 4.78 is 0. The van der Waals surface area contributed by atoms with Gasteiger partial charge in [-0.3, -0.25) is 9.59 Å². The van der Waals surface area contributed by atoms with Crippen LogP contribution in [0.5, 0.6) is 0 Å². The molecule has 19 heavy (non-hydrogen) atoms. The van der Waals surface area contributed by atoms with Crippen LogP contribution in [0, 0.1) is 0 Å². The molecular weight excluding hydrogens is 240 g/mol. The van der Waals surface area contributed by atoms with E-state index in [1.54, 1.807) is 31.2 Å². The molecule has 0 aliphatic heterocycles. The molecule has 0 spiro atoms. The number of hydrogen-bond acceptors (Lipinski definition) is 2. The van der Waals surface area contributed by atoms with Gasteiger partial charge in [-0.15, -0.1) is 0 Å². The standard InChI is InChI=1S/C15H20N2O2/c1-11(14(18)17-13-9-5-6-10-13)16-15(19)12-7-3-2-4-8-12/h2-4,7-8,11,13H,5-6,9-10H2,1H3,(H,16,19)(H,17,18)/t11-/m1/s1. The highest BCUT2D eigenvalue weighted by Gasteiger charge is 2.21. The third-order valence-electron chi connectivity index (χ3n) is 3.48. The van der Waals surface area contributed by atoms with Crippen molar-refractivity contribution in [1.29, 1.82) is 0 Å². The molecule has 1 atom stereocenters. The van der Waals surface area contributed by atoms with E-state index in [9.17, 15) is 9.59 Å². The van der Waals surface area contributed by atoms with E-state index in [1.165, 1.54) is 12.8 Å². The number of nitrogens with one attached hydrogen (secondary N) is 2. The lowest BCUT2D eigenvalue weighted by molar-refractivity contribution is -0.123. The van der Waals surface area contributed by atoms with Gasteiger partial charge in [-0.2, -0.15) is 0 Å². The zero-order chi connectivity index (χ0) is 13.7. The molecule has 0 unspecified atom stereocenters. The average Bonchev–Trinajstić information content (AvgIpc) is 2.92. The van der Waals surface area contributed by atoms with Gasteiger partial charge in [0, 0.05) is 11.6 Å². The summed E-state index contributed by atoms with van der Waals surface area (Å²) in [5, 5.41) is 5.70. The minimum Gasteiger partial charge on any atom is -0.352 e. The fourth-order valence-electron chi connectivity index (χ4n) is 2.33. The molecule has 1 aromatic carbocycles. The van der Waals surface area contributed by atoms with E-state index >= 15 is 0 Å². The molecular formula is C15H20N2O2. The Balaban J connectivity index is 1.84. The van der Waals surface area contributed by atoms with Crippen molar-refractivity contribution < 1.29 is 9.59 Å². The van der Waals surface area contributed by atoms with Crippen molar-refractivity contribution in [1.82, 2.24) is 10.6 Å². The van der Waals surface area contributed by atoms with Crippen LogP contribution < -0.4 is 10.6 Å². The van der Waals surface area contributed by atoms with Crippen LogP contribution in [0.3, 0.4) is 0 Å². The van der Waals surface area contributed by atoms with Crippen molar-refractivity contribution in [2.45, 2.75) is 44.7 Å². The Morgan fingerprint density at radius 3 is 2.42 bits per heavy atom. The van der Waals surface area contributed by atoms with Crippen molar-refractivity contribution in [2.75, 3.05) is 0 Å². The van der Waals surface area contributed by atoms with Crippen molar-refractivity contribution in [3.8, 4) is 0 Å². The highest BCUT2D eigenvalue weighted by atomic mass is 16.2. The van der Waals surface area contributed by atoms with Crippen molar-refractivity contribution in [3.05, 3.63) is 35.9 Å². The number of hydrogen-bond donors (Lipinski definition) is 2. The minimum atomic E-state index is -0.506. The maximum atomic E-state index is 11.9. The molecule has 0 bridgehead atoms. The van der Waals surface area contributed by atoms with Gasteiger partial charge in [0.05, 0.1) is 0 Å². The molecule has 2 rings (SSSR count). The minimum absolute atomic E-state index is 0.101. The first-order valence-electron chi connectivity index (χ1n) is 6.83. The average molecular weight is 260 g/mol. The van der Waals surface area contributed by atoms with E-state index in [4.69, 9.17) is 0 Å². The fraction of sp³-hybridized carbons (Fsp3) is 0.467. The summed E-state index contributed by atoms with van der Waals surface area (Å²) in [6.07, 6.45) is 4.45. The van der Waals surface area contributed by atoms with Gasteiger partial charge in [0.2, 0.25) is 5.91 Å². The summed E-state index contributed by atoms with van der Waals surface area (Å²) in [5.41, 5.74) is 0.572. The highest BCUT2D eigenvalue weighted by Crippen LogP contribution is 2.17. The Hall–Kier alpha value is -1.84. The van der Waals surface area contributed by atoms with Crippen LogP contribution in [0.1, 0.15) is 43.0 Å². The largest absolute Gasteiger partial charge is 0.352 e. The Labute approximate surface area is 113 Å². The van der Waals surface area contributed by atoms with Crippen molar-refractivity contribution >= 4 is 11.8 Å². The van der Waals surface area contributed by atoms with Crippen LogP contribution in [-0.2, 0) is 4.79 Å². The van der Waals surface area contributed by atoms with E-state index in [0.717, 1.165) is 12.8 Å². The summed E-state index contributed by atoms with van der Waals surface area (Å²) >= 11 is 0. The topological polar surface area (TPSA) is 58.2 Å². The quantitative estimate of drug-likeness (QED) is 0.868. The maximum Gasteiger partial charge on any atom is 0.251 e. The second kappa shape index (κ2) is 6.36. The van der Waals surface area contributed by atoms with E-state index in [2.05, 4.69) is 10.6 Å². The molecule has 0 heterocycles. The van der Waals surface area contributed by atoms with E-state index < -0.39 is 6.04 Å². The van der Waals surface area contributed by atoms with Crippen LogP contribution >= 0.6 is 0 Å². The molecule has 1 aliphatic rings. The van der Waals surface area contributed by atoms with Gasteiger partial charge in [0.15, 0.2) is 0 Å². The summed E-state index contributed by atoms with van der Waals surface area (Å²) in [5.74, 6) is -0.314. The Bertz CT molecular complexity index is 439. The maximum absolute atomic E-state index is 11.9. The Morgan fingerprint density at radius 1 is 1.16 bits per heavy atom. The fourth-order valence-corrected chi connectivity index (χ4v) is 2.33. The molecule has 1 aromatic rings. The monoisotopic (exact) mass is 260 g/mol. The van der Waals surface area contributed by atoms with Crippen LogP contribution in [0.15, 0.2) is 30.3 Å². The Morgan fingerprint density at radius 2 is 1.79 bits per heavy atom. The molecule has 4 nitrogen and oxygen atoms in total. The molecule has 2 amide bonds. The van der Waals surface area contributed by atoms with Crippen LogP contribution in [-0.4, -0.2) is 23.9 Å². The molecule has 0 radical (unpaired) electrons. The number of rotatable bonds is 4. The van der Waals surface area contributed by atoms with Gasteiger partial charge < -0.3 is 10.6 Å². The van der Waals surface area contributed by atoms with Crippen molar-refractivity contribution in [2.24, 2.45) is 0 Å². The van der Waals surface area contributed by atoms with Crippen LogP contribution in [0.25, 0.3) is 0 Å². The summed E-state index contributed by atoms with van der Waals surface area (Å²) in [6.45, 7) is 1.71. The summed E-state index contributed by atoms with van der Waals surface area (Å²) in [7, 11) is 0. The van der Waals surface area contributed by atoms with Gasteiger partial charge in [0.1, 0.15) is 6.04 Å². The molecule has 4 heteroatoms. The molecule has 1 saturated carbocycles. The van der Waals surface area contributed by atoms with Crippen LogP contribution in [0.4, 0.5) is 0 Å². The lowest BCUT2D eigenvalue weighted by atomic mass is 10.2. The molecule has 2 N–H and O–H groups in total. The lowest BCUT2D eigenvalue weighted by Gasteiger charge is -2.17. The van der Waals surface area contributed by atoms with E-state index in [1.807, 2.05) is 6.07 Å². The van der Waals surface area contributed by atoms with Gasteiger partial charge in [-0.25, -0.2) is 0 Å². The lowest BCUT2D eigenvalue weighted by Crippen LogP contribution is -2.47. The first-order chi connectivity index (χ1) is 9.16. The zero-order valence-electron chi connectivity index (χ0n) is 11.2. The smallest absolute Gasteiger partial charge is 0.251 e. The second-order valence-corrected chi connectivity index (χ2v) is 5.05. The molecule has 1 fully saturated rings. The predicted molar refractivity (Wildman–Crippen MR) is 73.8 cm³/mol. The van der Waals surface area contributed by atoms with Gasteiger partial charge in [0.25, 0.3) is 5.91 Å². The third-order valence-corrected chi connectivity index (χ3v) is 3.48. The second-order valence-electron chi connectivity index (χ2n) is 5.05. The SMILES string of the molecule is C[C@@H](NC(=O)c1ccccc1)C(=O)NC1CCCC1. The number of amides is 2. The van der Waals surface area contributed by atoms with Crippen molar-refractivity contribution in [3.63, 3.8) is 0 Å². The number of benzene rings is 1. The molecule has 1 aliphatic carbocycles. The normalized spacial score (nSPS) is 16.9. The number of carbonyl (C=O) groups is 2. The van der Waals surface area contributed by atoms with Gasteiger partial charge >= 0.3 is 0 Å². The first kappa shape index (κ1) is 13.6. The van der Waals surface area contributed by atoms with Gasteiger partial charge in [-0.1, -0.05) is 31.0 Å². The highest BCUT2D eigenvalue weighted by molar-refractivity contribution is 5.97. The first-order valence-corrected chi connectivity index (χ1v) is 6.83. The van der Waals surface area contributed by atoms with E-state index in [-0.39, 0.29) is 17.9 Å².